The van der Waals surface area contributed by atoms with Gasteiger partial charge in [-0.15, -0.1) is 0 Å². The van der Waals surface area contributed by atoms with E-state index < -0.39 is 0 Å². The highest BCUT2D eigenvalue weighted by Crippen LogP contribution is 2.35. The molecule has 0 aliphatic carbocycles. The van der Waals surface area contributed by atoms with Crippen molar-refractivity contribution in [2.45, 2.75) is 98.8 Å². The predicted octanol–water partition coefficient (Wildman–Crippen LogP) is 6.45. The Kier molecular flexibility index (Phi) is 21.0. The van der Waals surface area contributed by atoms with Crippen LogP contribution in [0.4, 0.5) is 0 Å². The summed E-state index contributed by atoms with van der Waals surface area (Å²) in [6.45, 7) is 18.7. The van der Waals surface area contributed by atoms with E-state index in [0.29, 0.717) is 12.5 Å². The lowest BCUT2D eigenvalue weighted by atomic mass is 9.87. The summed E-state index contributed by atoms with van der Waals surface area (Å²) in [5.41, 5.74) is 2.81. The normalized spacial score (nSPS) is 14.6. The van der Waals surface area contributed by atoms with Gasteiger partial charge in [0.1, 0.15) is 5.75 Å². The topological polar surface area (TPSA) is 53.5 Å². The molecule has 188 valence electrons. The number of hydrogen-bond acceptors (Lipinski definition) is 4. The van der Waals surface area contributed by atoms with Gasteiger partial charge in [-0.1, -0.05) is 59.1 Å². The first-order valence-electron chi connectivity index (χ1n) is 13.3. The van der Waals surface area contributed by atoms with Crippen molar-refractivity contribution in [3.8, 4) is 5.75 Å². The number of nitrogens with one attached hydrogen (secondary N) is 2. The Morgan fingerprint density at radius 1 is 1.03 bits per heavy atom. The molecule has 4 nitrogen and oxygen atoms in total. The van der Waals surface area contributed by atoms with Crippen LogP contribution in [0.3, 0.4) is 0 Å². The minimum absolute atomic E-state index is 0.352. The van der Waals surface area contributed by atoms with Crippen molar-refractivity contribution >= 4 is 0 Å². The third-order valence-electron chi connectivity index (χ3n) is 5.86. The molecule has 2 rings (SSSR count). The first kappa shape index (κ1) is 30.9. The number of aliphatic hydroxyl groups is 1. The molecular weight excluding hydrogens is 396 g/mol. The highest BCUT2D eigenvalue weighted by atomic mass is 16.5. The van der Waals surface area contributed by atoms with E-state index in [0.717, 1.165) is 37.8 Å². The minimum Gasteiger partial charge on any atom is -0.494 e. The van der Waals surface area contributed by atoms with Gasteiger partial charge in [0.15, 0.2) is 0 Å². The lowest BCUT2D eigenvalue weighted by Crippen LogP contribution is -2.27. The van der Waals surface area contributed by atoms with Gasteiger partial charge in [-0.05, 0) is 95.6 Å². The maximum absolute atomic E-state index is 8.54. The van der Waals surface area contributed by atoms with Gasteiger partial charge < -0.3 is 20.5 Å². The molecule has 1 aromatic rings. The highest BCUT2D eigenvalue weighted by molar-refractivity contribution is 5.42. The van der Waals surface area contributed by atoms with Crippen LogP contribution in [0.25, 0.3) is 0 Å². The summed E-state index contributed by atoms with van der Waals surface area (Å²) in [6, 6.07) is 6.39. The standard InChI is InChI=1S/C14H21NO.C8H18O.C6H15N/c1-3-16-13-6-4-5-11(2)14(13)12-7-9-15-10-8-12;1-3-4-5-8(2)6-7-9;1-3-5-7-6-4-2/h4-6,12,15H,3,7-10H2,1-2H3;8-9H,3-7H2,1-2H3;7H,3-6H2,1-2H3. The molecule has 32 heavy (non-hydrogen) atoms. The van der Waals surface area contributed by atoms with Crippen molar-refractivity contribution in [1.82, 2.24) is 10.6 Å². The summed E-state index contributed by atoms with van der Waals surface area (Å²) in [6.07, 6.45) is 9.78. The number of hydrogen-bond donors (Lipinski definition) is 3. The summed E-state index contributed by atoms with van der Waals surface area (Å²) >= 11 is 0. The number of unbranched alkanes of at least 4 members (excludes halogenated alkanes) is 1. The van der Waals surface area contributed by atoms with E-state index in [9.17, 15) is 0 Å². The second-order valence-corrected chi connectivity index (χ2v) is 8.95. The van der Waals surface area contributed by atoms with Crippen molar-refractivity contribution in [3.05, 3.63) is 29.3 Å². The van der Waals surface area contributed by atoms with Crippen LogP contribution in [0.5, 0.6) is 5.75 Å². The van der Waals surface area contributed by atoms with Crippen molar-refractivity contribution in [2.24, 2.45) is 5.92 Å². The summed E-state index contributed by atoms with van der Waals surface area (Å²) in [7, 11) is 0. The first-order valence-corrected chi connectivity index (χ1v) is 13.3. The lowest BCUT2D eigenvalue weighted by Gasteiger charge is -2.26. The number of benzene rings is 1. The summed E-state index contributed by atoms with van der Waals surface area (Å²) < 4.78 is 5.75. The Hall–Kier alpha value is -1.10. The zero-order chi connectivity index (χ0) is 24.0. The number of ether oxygens (including phenoxy) is 1. The molecule has 1 aliphatic heterocycles. The fourth-order valence-electron chi connectivity index (χ4n) is 3.96. The first-order chi connectivity index (χ1) is 15.5. The zero-order valence-corrected chi connectivity index (χ0v) is 22.1. The van der Waals surface area contributed by atoms with Gasteiger partial charge in [0.05, 0.1) is 6.61 Å². The smallest absolute Gasteiger partial charge is 0.123 e. The molecule has 1 atom stereocenters. The van der Waals surface area contributed by atoms with E-state index in [1.165, 1.54) is 69.2 Å². The molecule has 0 aromatic heterocycles. The van der Waals surface area contributed by atoms with E-state index in [1.807, 2.05) is 0 Å². The molecule has 1 unspecified atom stereocenters. The monoisotopic (exact) mass is 450 g/mol. The van der Waals surface area contributed by atoms with Gasteiger partial charge in [0.25, 0.3) is 0 Å². The zero-order valence-electron chi connectivity index (χ0n) is 22.1. The van der Waals surface area contributed by atoms with Crippen LogP contribution >= 0.6 is 0 Å². The molecule has 4 heteroatoms. The van der Waals surface area contributed by atoms with E-state index in [1.54, 1.807) is 0 Å². The molecule has 1 heterocycles. The van der Waals surface area contributed by atoms with Crippen LogP contribution in [0.15, 0.2) is 18.2 Å². The van der Waals surface area contributed by atoms with E-state index in [4.69, 9.17) is 9.84 Å². The van der Waals surface area contributed by atoms with Crippen LogP contribution in [-0.4, -0.2) is 44.5 Å². The van der Waals surface area contributed by atoms with Crippen molar-refractivity contribution in [1.29, 1.82) is 0 Å². The Morgan fingerprint density at radius 3 is 2.22 bits per heavy atom. The minimum atomic E-state index is 0.352. The molecule has 1 aliphatic rings. The van der Waals surface area contributed by atoms with E-state index in [2.05, 4.69) is 70.4 Å². The second-order valence-electron chi connectivity index (χ2n) is 8.95. The van der Waals surface area contributed by atoms with E-state index in [-0.39, 0.29) is 0 Å². The summed E-state index contributed by atoms with van der Waals surface area (Å²) in [5, 5.41) is 15.2. The Morgan fingerprint density at radius 2 is 1.69 bits per heavy atom. The SMILES string of the molecule is CCCCC(C)CCO.CCCNCCC.CCOc1cccc(C)c1C1CCNCC1. The third-order valence-corrected chi connectivity index (χ3v) is 5.86. The lowest BCUT2D eigenvalue weighted by molar-refractivity contribution is 0.257. The molecule has 0 radical (unpaired) electrons. The van der Waals surface area contributed by atoms with Gasteiger partial charge in [-0.2, -0.15) is 0 Å². The number of rotatable bonds is 12. The number of piperidine rings is 1. The molecule has 1 fully saturated rings. The van der Waals surface area contributed by atoms with Crippen LogP contribution < -0.4 is 15.4 Å². The highest BCUT2D eigenvalue weighted by Gasteiger charge is 2.20. The third kappa shape index (κ3) is 14.9. The van der Waals surface area contributed by atoms with Gasteiger partial charge in [0, 0.05) is 12.2 Å². The van der Waals surface area contributed by atoms with Crippen LogP contribution in [-0.2, 0) is 0 Å². The molecule has 0 bridgehead atoms. The molecule has 1 saturated heterocycles. The van der Waals surface area contributed by atoms with Crippen molar-refractivity contribution in [3.63, 3.8) is 0 Å². The fraction of sp³-hybridized carbons (Fsp3) is 0.786. The Balaban J connectivity index is 0.000000512. The van der Waals surface area contributed by atoms with E-state index >= 15 is 0 Å². The number of aliphatic hydroxyl groups excluding tert-OH is 1. The van der Waals surface area contributed by atoms with Crippen molar-refractivity contribution < 1.29 is 9.84 Å². The largest absolute Gasteiger partial charge is 0.494 e. The Bertz CT molecular complexity index is 526. The van der Waals surface area contributed by atoms with Crippen LogP contribution in [0.2, 0.25) is 0 Å². The molecule has 1 aromatic carbocycles. The summed E-state index contributed by atoms with van der Waals surface area (Å²) in [5.74, 6) is 2.48. The van der Waals surface area contributed by atoms with Gasteiger partial charge >= 0.3 is 0 Å². The maximum Gasteiger partial charge on any atom is 0.123 e. The molecule has 0 amide bonds. The van der Waals surface area contributed by atoms with Crippen LogP contribution in [0.1, 0.15) is 103 Å². The molecule has 0 spiro atoms. The van der Waals surface area contributed by atoms with Crippen molar-refractivity contribution in [2.75, 3.05) is 39.4 Å². The molecule has 3 N–H and O–H groups in total. The maximum atomic E-state index is 8.54. The Labute approximate surface area is 199 Å². The summed E-state index contributed by atoms with van der Waals surface area (Å²) in [4.78, 5) is 0. The van der Waals surface area contributed by atoms with Gasteiger partial charge in [-0.25, -0.2) is 0 Å². The van der Waals surface area contributed by atoms with Crippen LogP contribution in [0, 0.1) is 12.8 Å². The predicted molar refractivity (Wildman–Crippen MR) is 141 cm³/mol. The average molecular weight is 451 g/mol. The van der Waals surface area contributed by atoms with Gasteiger partial charge in [0.2, 0.25) is 0 Å². The quantitative estimate of drug-likeness (QED) is 0.320. The van der Waals surface area contributed by atoms with Gasteiger partial charge in [-0.3, -0.25) is 0 Å². The fourth-order valence-corrected chi connectivity index (χ4v) is 3.96. The second kappa shape index (κ2) is 21.7. The number of aryl methyl sites for hydroxylation is 1. The molecule has 0 saturated carbocycles. The molecular formula is C28H54N2O2. The average Bonchev–Trinajstić information content (AvgIpc) is 2.80.